The lowest BCUT2D eigenvalue weighted by Gasteiger charge is -2.10. The van der Waals surface area contributed by atoms with Crippen LogP contribution in [0.2, 0.25) is 0 Å². The van der Waals surface area contributed by atoms with E-state index in [0.717, 1.165) is 0 Å². The Morgan fingerprint density at radius 1 is 0.870 bits per heavy atom. The number of hydrogen-bond donors (Lipinski definition) is 4. The minimum Gasteiger partial charge on any atom is -0.370 e. The fourth-order valence-electron chi connectivity index (χ4n) is 1.91. The first kappa shape index (κ1) is 15.8. The second-order valence-electron chi connectivity index (χ2n) is 4.51. The molecule has 0 saturated carbocycles. The van der Waals surface area contributed by atoms with Gasteiger partial charge in [-0.3, -0.25) is 9.59 Å². The summed E-state index contributed by atoms with van der Waals surface area (Å²) >= 11 is 0. The van der Waals surface area contributed by atoms with Gasteiger partial charge in [0, 0.05) is 18.0 Å². The zero-order valence-electron chi connectivity index (χ0n) is 12.0. The molecule has 1 aromatic heterocycles. The Kier molecular flexibility index (Phi) is 4.41. The highest BCUT2D eigenvalue weighted by molar-refractivity contribution is 6.06. The maximum atomic E-state index is 12.1. The smallest absolute Gasteiger partial charge is 0.282 e. The minimum atomic E-state index is -0.630. The molecule has 0 aliphatic heterocycles. The molecule has 2 aromatic rings. The molecule has 0 aliphatic carbocycles. The second-order valence-corrected chi connectivity index (χ2v) is 4.51. The molecule has 2 rings (SSSR count). The maximum Gasteiger partial charge on any atom is 0.282 e. The largest absolute Gasteiger partial charge is 0.370 e. The summed E-state index contributed by atoms with van der Waals surface area (Å²) < 4.78 is 1.64. The van der Waals surface area contributed by atoms with Gasteiger partial charge in [-0.1, -0.05) is 0 Å². The number of amides is 2. The van der Waals surface area contributed by atoms with Crippen molar-refractivity contribution in [1.29, 1.82) is 0 Å². The highest BCUT2D eigenvalue weighted by Crippen LogP contribution is 2.19. The van der Waals surface area contributed by atoms with Crippen molar-refractivity contribution >= 4 is 23.7 Å². The van der Waals surface area contributed by atoms with Crippen molar-refractivity contribution in [2.45, 2.75) is 0 Å². The molecule has 2 amide bonds. The number of carbonyl (C=O) groups excluding carboxylic acids is 2. The molecule has 9 nitrogen and oxygen atoms in total. The van der Waals surface area contributed by atoms with Crippen LogP contribution in [0.1, 0.15) is 20.7 Å². The van der Waals surface area contributed by atoms with Crippen molar-refractivity contribution in [1.82, 2.24) is 4.57 Å². The van der Waals surface area contributed by atoms with E-state index >= 15 is 0 Å². The van der Waals surface area contributed by atoms with E-state index in [-0.39, 0.29) is 23.0 Å². The Morgan fingerprint density at radius 2 is 1.43 bits per heavy atom. The first-order valence-electron chi connectivity index (χ1n) is 6.44. The molecule has 118 valence electrons. The summed E-state index contributed by atoms with van der Waals surface area (Å²) in [6.07, 6.45) is 3.41. The molecular formula is C14H15N7O2. The van der Waals surface area contributed by atoms with Gasteiger partial charge in [-0.05, 0) is 30.3 Å². The van der Waals surface area contributed by atoms with Crippen molar-refractivity contribution in [3.05, 3.63) is 53.9 Å². The average molecular weight is 313 g/mol. The first-order chi connectivity index (χ1) is 10.9. The van der Waals surface area contributed by atoms with Crippen molar-refractivity contribution < 1.29 is 9.59 Å². The predicted molar refractivity (Wildman–Crippen MR) is 86.0 cm³/mol. The van der Waals surface area contributed by atoms with Gasteiger partial charge in [0.2, 0.25) is 0 Å². The quantitative estimate of drug-likeness (QED) is 0.431. The second kappa shape index (κ2) is 6.43. The average Bonchev–Trinajstić information content (AvgIpc) is 2.99. The van der Waals surface area contributed by atoms with E-state index in [9.17, 15) is 9.59 Å². The van der Waals surface area contributed by atoms with Crippen molar-refractivity contribution in [3.8, 4) is 5.69 Å². The predicted octanol–water partition coefficient (Wildman–Crippen LogP) is -0.695. The van der Waals surface area contributed by atoms with Crippen LogP contribution >= 0.6 is 0 Å². The Hall–Kier alpha value is -3.62. The van der Waals surface area contributed by atoms with E-state index < -0.39 is 11.8 Å². The van der Waals surface area contributed by atoms with Gasteiger partial charge in [0.05, 0.1) is 11.3 Å². The SMILES string of the molecule is NC(N)=NC(=O)c1ccc(C(=O)N=C(N)N)c(-n2cccc2)c1. The van der Waals surface area contributed by atoms with Crippen LogP contribution in [-0.2, 0) is 0 Å². The number of benzene rings is 1. The third-order valence-corrected chi connectivity index (χ3v) is 2.82. The van der Waals surface area contributed by atoms with Crippen LogP contribution in [0, 0.1) is 0 Å². The summed E-state index contributed by atoms with van der Waals surface area (Å²) in [6, 6.07) is 7.85. The molecule has 8 N–H and O–H groups in total. The lowest BCUT2D eigenvalue weighted by Crippen LogP contribution is -2.25. The molecule has 23 heavy (non-hydrogen) atoms. The van der Waals surface area contributed by atoms with E-state index in [4.69, 9.17) is 22.9 Å². The molecule has 0 unspecified atom stereocenters. The van der Waals surface area contributed by atoms with Crippen molar-refractivity contribution in [2.75, 3.05) is 0 Å². The van der Waals surface area contributed by atoms with Crippen LogP contribution in [0.5, 0.6) is 0 Å². The number of aliphatic imine (C=N–C) groups is 2. The van der Waals surface area contributed by atoms with Gasteiger partial charge < -0.3 is 27.5 Å². The van der Waals surface area contributed by atoms with Gasteiger partial charge in [-0.2, -0.15) is 9.98 Å². The van der Waals surface area contributed by atoms with Gasteiger partial charge in [0.25, 0.3) is 11.8 Å². The number of guanidine groups is 2. The van der Waals surface area contributed by atoms with Crippen molar-refractivity contribution in [3.63, 3.8) is 0 Å². The van der Waals surface area contributed by atoms with Crippen LogP contribution in [0.15, 0.2) is 52.7 Å². The van der Waals surface area contributed by atoms with Crippen LogP contribution in [-0.4, -0.2) is 28.3 Å². The maximum absolute atomic E-state index is 12.1. The Labute approximate surface area is 131 Å². The fourth-order valence-corrected chi connectivity index (χ4v) is 1.91. The summed E-state index contributed by atoms with van der Waals surface area (Å²) in [7, 11) is 0. The van der Waals surface area contributed by atoms with Gasteiger partial charge in [-0.15, -0.1) is 0 Å². The van der Waals surface area contributed by atoms with Crippen molar-refractivity contribution in [2.24, 2.45) is 32.9 Å². The Morgan fingerprint density at radius 3 is 2.00 bits per heavy atom. The van der Waals surface area contributed by atoms with E-state index in [1.807, 2.05) is 0 Å². The molecular weight excluding hydrogens is 298 g/mol. The standard InChI is InChI=1S/C14H15N7O2/c15-13(16)19-11(22)8-3-4-9(12(23)20-14(17)18)10(7-8)21-5-1-2-6-21/h1-7H,(H4,15,16,19,22)(H4,17,18,20,23). The topological polar surface area (TPSA) is 168 Å². The van der Waals surface area contributed by atoms with Crippen LogP contribution in [0.3, 0.4) is 0 Å². The number of nitrogens with zero attached hydrogens (tertiary/aromatic N) is 3. The number of rotatable bonds is 3. The van der Waals surface area contributed by atoms with Crippen LogP contribution in [0.25, 0.3) is 5.69 Å². The number of hydrogen-bond acceptors (Lipinski definition) is 2. The van der Waals surface area contributed by atoms with E-state index in [1.54, 1.807) is 29.1 Å². The molecule has 0 spiro atoms. The normalized spacial score (nSPS) is 9.91. The highest BCUT2D eigenvalue weighted by atomic mass is 16.2. The summed E-state index contributed by atoms with van der Waals surface area (Å²) in [5.74, 6) is -1.96. The van der Waals surface area contributed by atoms with Gasteiger partial charge >= 0.3 is 0 Å². The lowest BCUT2D eigenvalue weighted by molar-refractivity contribution is 0.0990. The molecule has 9 heteroatoms. The molecule has 1 aromatic carbocycles. The number of nitrogens with two attached hydrogens (primary N) is 4. The minimum absolute atomic E-state index is 0.211. The third-order valence-electron chi connectivity index (χ3n) is 2.82. The Balaban J connectivity index is 2.57. The van der Waals surface area contributed by atoms with Crippen LogP contribution in [0.4, 0.5) is 0 Å². The summed E-state index contributed by atoms with van der Waals surface area (Å²) in [5, 5.41) is 0. The summed E-state index contributed by atoms with van der Waals surface area (Å²) in [4.78, 5) is 31.0. The molecule has 0 bridgehead atoms. The lowest BCUT2D eigenvalue weighted by atomic mass is 10.1. The summed E-state index contributed by atoms with van der Waals surface area (Å²) in [6.45, 7) is 0. The van der Waals surface area contributed by atoms with E-state index in [2.05, 4.69) is 9.98 Å². The molecule has 0 fully saturated rings. The molecule has 0 atom stereocenters. The molecule has 0 radical (unpaired) electrons. The van der Waals surface area contributed by atoms with E-state index in [1.165, 1.54) is 18.2 Å². The van der Waals surface area contributed by atoms with Gasteiger partial charge in [-0.25, -0.2) is 0 Å². The molecule has 1 heterocycles. The Bertz CT molecular complexity index is 799. The summed E-state index contributed by atoms with van der Waals surface area (Å²) in [5.41, 5.74) is 21.7. The number of carbonyl (C=O) groups is 2. The zero-order valence-corrected chi connectivity index (χ0v) is 12.0. The molecule has 0 saturated heterocycles. The zero-order chi connectivity index (χ0) is 17.0. The number of aromatic nitrogens is 1. The molecule has 0 aliphatic rings. The highest BCUT2D eigenvalue weighted by Gasteiger charge is 2.15. The third kappa shape index (κ3) is 3.73. The fraction of sp³-hybridized carbons (Fsp3) is 0. The van der Waals surface area contributed by atoms with Crippen LogP contribution < -0.4 is 22.9 Å². The first-order valence-corrected chi connectivity index (χ1v) is 6.44. The van der Waals surface area contributed by atoms with E-state index in [0.29, 0.717) is 5.69 Å². The van der Waals surface area contributed by atoms with Gasteiger partial charge in [0.15, 0.2) is 11.9 Å². The monoisotopic (exact) mass is 313 g/mol. The van der Waals surface area contributed by atoms with Gasteiger partial charge in [0.1, 0.15) is 0 Å².